The van der Waals surface area contributed by atoms with Crippen molar-refractivity contribution in [2.75, 3.05) is 0 Å². The monoisotopic (exact) mass is 264 g/mol. The number of fused-ring (bicyclic) bond motifs is 1. The minimum atomic E-state index is 0.271. The minimum Gasteiger partial charge on any atom is -0.490 e. The summed E-state index contributed by atoms with van der Waals surface area (Å²) in [6, 6.07) is 14.3. The number of hydrogen-bond donors (Lipinski definition) is 0. The molecule has 1 saturated carbocycles. The van der Waals surface area contributed by atoms with Crippen LogP contribution >= 0.6 is 0 Å². The zero-order valence-corrected chi connectivity index (χ0v) is 11.3. The van der Waals surface area contributed by atoms with E-state index in [2.05, 4.69) is 18.2 Å². The quantitative estimate of drug-likeness (QED) is 0.836. The predicted octanol–water partition coefficient (Wildman–Crippen LogP) is 4.02. The van der Waals surface area contributed by atoms with Gasteiger partial charge in [0.1, 0.15) is 5.75 Å². The summed E-state index contributed by atoms with van der Waals surface area (Å²) in [6.07, 6.45) is 4.25. The van der Waals surface area contributed by atoms with Crippen molar-refractivity contribution in [2.24, 2.45) is 0 Å². The number of Topliss-reactive ketones (excluding diaryl/α,β-unsaturated/α-hetero) is 1. The summed E-state index contributed by atoms with van der Waals surface area (Å²) in [4.78, 5) is 11.8. The van der Waals surface area contributed by atoms with Crippen molar-refractivity contribution in [3.63, 3.8) is 0 Å². The predicted molar refractivity (Wildman–Crippen MR) is 78.2 cm³/mol. The van der Waals surface area contributed by atoms with Crippen molar-refractivity contribution in [1.29, 1.82) is 0 Å². The van der Waals surface area contributed by atoms with Crippen LogP contribution in [-0.2, 0) is 6.42 Å². The summed E-state index contributed by atoms with van der Waals surface area (Å²) in [5.74, 6) is 1.21. The standard InChI is InChI=1S/C18H16O2/c19-18-10-9-16-15(5-2-6-17(16)18)12-3-1-4-14(11-12)20-13-7-8-13/h1-6,11,13H,7-10H2. The third-order valence-corrected chi connectivity index (χ3v) is 4.05. The van der Waals surface area contributed by atoms with Crippen LogP contribution < -0.4 is 4.74 Å². The van der Waals surface area contributed by atoms with Crippen LogP contribution in [-0.4, -0.2) is 11.9 Å². The Balaban J connectivity index is 1.75. The van der Waals surface area contributed by atoms with Crippen LogP contribution in [0.15, 0.2) is 42.5 Å². The first-order chi connectivity index (χ1) is 9.81. The molecule has 0 atom stereocenters. The van der Waals surface area contributed by atoms with Crippen LogP contribution in [0.3, 0.4) is 0 Å². The van der Waals surface area contributed by atoms with E-state index < -0.39 is 0 Å². The molecule has 1 fully saturated rings. The molecule has 2 aliphatic rings. The third kappa shape index (κ3) is 2.01. The molecule has 100 valence electrons. The maximum absolute atomic E-state index is 11.8. The van der Waals surface area contributed by atoms with E-state index in [-0.39, 0.29) is 5.78 Å². The van der Waals surface area contributed by atoms with Gasteiger partial charge in [0.05, 0.1) is 6.10 Å². The molecule has 2 heteroatoms. The van der Waals surface area contributed by atoms with Gasteiger partial charge in [-0.1, -0.05) is 30.3 Å². The number of rotatable bonds is 3. The molecule has 0 amide bonds. The van der Waals surface area contributed by atoms with Gasteiger partial charge in [-0.25, -0.2) is 0 Å². The molecule has 2 aromatic rings. The number of carbonyl (C=O) groups excluding carboxylic acids is 1. The SMILES string of the molecule is O=C1CCc2c1cccc2-c1cccc(OC2CC2)c1. The zero-order chi connectivity index (χ0) is 13.5. The van der Waals surface area contributed by atoms with E-state index in [9.17, 15) is 4.79 Å². The summed E-state index contributed by atoms with van der Waals surface area (Å²) in [6.45, 7) is 0. The topological polar surface area (TPSA) is 26.3 Å². The number of ketones is 1. The molecule has 0 spiro atoms. The molecule has 20 heavy (non-hydrogen) atoms. The van der Waals surface area contributed by atoms with E-state index in [0.717, 1.165) is 23.3 Å². The van der Waals surface area contributed by atoms with Gasteiger partial charge in [-0.3, -0.25) is 4.79 Å². The number of carbonyl (C=O) groups is 1. The highest BCUT2D eigenvalue weighted by atomic mass is 16.5. The molecule has 0 aliphatic heterocycles. The average Bonchev–Trinajstić information content (AvgIpc) is 3.21. The van der Waals surface area contributed by atoms with Crippen molar-refractivity contribution in [3.8, 4) is 16.9 Å². The molecule has 0 N–H and O–H groups in total. The zero-order valence-electron chi connectivity index (χ0n) is 11.3. The fourth-order valence-corrected chi connectivity index (χ4v) is 2.88. The van der Waals surface area contributed by atoms with E-state index in [1.54, 1.807) is 0 Å². The number of ether oxygens (including phenoxy) is 1. The van der Waals surface area contributed by atoms with Gasteiger partial charge in [0.2, 0.25) is 0 Å². The first-order valence-electron chi connectivity index (χ1n) is 7.23. The Hall–Kier alpha value is -2.09. The molecule has 0 heterocycles. The lowest BCUT2D eigenvalue weighted by Crippen LogP contribution is -1.96. The van der Waals surface area contributed by atoms with E-state index in [4.69, 9.17) is 4.74 Å². The highest BCUT2D eigenvalue weighted by molar-refractivity contribution is 6.02. The fraction of sp³-hybridized carbons (Fsp3) is 0.278. The molecule has 2 aromatic carbocycles. The molecule has 0 saturated heterocycles. The van der Waals surface area contributed by atoms with Crippen LogP contribution in [0.4, 0.5) is 0 Å². The summed E-state index contributed by atoms with van der Waals surface area (Å²) < 4.78 is 5.86. The first-order valence-corrected chi connectivity index (χ1v) is 7.23. The lowest BCUT2D eigenvalue weighted by molar-refractivity contribution is 0.0994. The Morgan fingerprint density at radius 2 is 1.75 bits per heavy atom. The Morgan fingerprint density at radius 3 is 2.60 bits per heavy atom. The van der Waals surface area contributed by atoms with Gasteiger partial charge >= 0.3 is 0 Å². The first kappa shape index (κ1) is 11.7. The van der Waals surface area contributed by atoms with Crippen molar-refractivity contribution < 1.29 is 9.53 Å². The Morgan fingerprint density at radius 1 is 0.950 bits per heavy atom. The maximum atomic E-state index is 11.8. The molecule has 2 nitrogen and oxygen atoms in total. The lowest BCUT2D eigenvalue weighted by Gasteiger charge is -2.10. The summed E-state index contributed by atoms with van der Waals surface area (Å²) in [5.41, 5.74) is 4.42. The van der Waals surface area contributed by atoms with E-state index in [1.807, 2.05) is 24.3 Å². The number of hydrogen-bond acceptors (Lipinski definition) is 2. The van der Waals surface area contributed by atoms with Crippen molar-refractivity contribution in [1.82, 2.24) is 0 Å². The Labute approximate surface area is 118 Å². The molecule has 0 aromatic heterocycles. The second-order valence-electron chi connectivity index (χ2n) is 5.60. The van der Waals surface area contributed by atoms with Crippen LogP contribution in [0.25, 0.3) is 11.1 Å². The molecule has 4 rings (SSSR count). The van der Waals surface area contributed by atoms with Crippen LogP contribution in [0.2, 0.25) is 0 Å². The van der Waals surface area contributed by atoms with Crippen molar-refractivity contribution in [3.05, 3.63) is 53.6 Å². The van der Waals surface area contributed by atoms with Crippen LogP contribution in [0, 0.1) is 0 Å². The van der Waals surface area contributed by atoms with Gasteiger partial charge in [0.25, 0.3) is 0 Å². The largest absolute Gasteiger partial charge is 0.490 e. The van der Waals surface area contributed by atoms with Gasteiger partial charge in [0, 0.05) is 12.0 Å². The molecular formula is C18H16O2. The van der Waals surface area contributed by atoms with E-state index >= 15 is 0 Å². The lowest BCUT2D eigenvalue weighted by atomic mass is 9.97. The highest BCUT2D eigenvalue weighted by Crippen LogP contribution is 2.35. The molecule has 0 unspecified atom stereocenters. The summed E-state index contributed by atoms with van der Waals surface area (Å²) >= 11 is 0. The van der Waals surface area contributed by atoms with Gasteiger partial charge in [0.15, 0.2) is 5.78 Å². The van der Waals surface area contributed by atoms with E-state index in [1.165, 1.54) is 24.0 Å². The smallest absolute Gasteiger partial charge is 0.163 e. The molecule has 2 aliphatic carbocycles. The van der Waals surface area contributed by atoms with Crippen molar-refractivity contribution in [2.45, 2.75) is 31.8 Å². The van der Waals surface area contributed by atoms with Gasteiger partial charge in [-0.15, -0.1) is 0 Å². The third-order valence-electron chi connectivity index (χ3n) is 4.05. The minimum absolute atomic E-state index is 0.271. The summed E-state index contributed by atoms with van der Waals surface area (Å²) in [7, 11) is 0. The maximum Gasteiger partial charge on any atom is 0.163 e. The number of benzene rings is 2. The molecule has 0 radical (unpaired) electrons. The normalized spacial score (nSPS) is 17.1. The highest BCUT2D eigenvalue weighted by Gasteiger charge is 2.24. The van der Waals surface area contributed by atoms with Crippen LogP contribution in [0.5, 0.6) is 5.75 Å². The second-order valence-corrected chi connectivity index (χ2v) is 5.60. The average molecular weight is 264 g/mol. The molecular weight excluding hydrogens is 248 g/mol. The van der Waals surface area contributed by atoms with E-state index in [0.29, 0.717) is 12.5 Å². The molecule has 0 bridgehead atoms. The van der Waals surface area contributed by atoms with Crippen molar-refractivity contribution >= 4 is 5.78 Å². The van der Waals surface area contributed by atoms with Crippen LogP contribution in [0.1, 0.15) is 35.2 Å². The second kappa shape index (κ2) is 4.48. The van der Waals surface area contributed by atoms with Gasteiger partial charge in [-0.05, 0) is 48.1 Å². The Bertz CT molecular complexity index is 684. The van der Waals surface area contributed by atoms with Gasteiger partial charge in [-0.2, -0.15) is 0 Å². The Kier molecular flexibility index (Phi) is 2.62. The summed E-state index contributed by atoms with van der Waals surface area (Å²) in [5, 5.41) is 0. The van der Waals surface area contributed by atoms with Gasteiger partial charge < -0.3 is 4.74 Å². The fourth-order valence-electron chi connectivity index (χ4n) is 2.88.